The van der Waals surface area contributed by atoms with Crippen LogP contribution >= 0.6 is 15.9 Å². The number of hydrogen-bond acceptors (Lipinski definition) is 3. The summed E-state index contributed by atoms with van der Waals surface area (Å²) in [6.45, 7) is 1.03. The molecule has 0 aliphatic heterocycles. The first-order valence-corrected chi connectivity index (χ1v) is 5.29. The highest BCUT2D eigenvalue weighted by atomic mass is 79.9. The van der Waals surface area contributed by atoms with E-state index in [1.807, 2.05) is 0 Å². The normalized spacial score (nSPS) is 10.2. The number of carboxylic acid groups (broad SMARTS) is 1. The number of nitrogens with one attached hydrogen (secondary N) is 1. The Morgan fingerprint density at radius 2 is 2.20 bits per heavy atom. The van der Waals surface area contributed by atoms with Crippen LogP contribution in [0.5, 0.6) is 5.75 Å². The molecule has 3 N–H and O–H groups in total. The molecule has 0 aromatic heterocycles. The lowest BCUT2D eigenvalue weighted by Gasteiger charge is -2.04. The van der Waals surface area contributed by atoms with Crippen molar-refractivity contribution in [2.45, 2.75) is 13.0 Å². The van der Waals surface area contributed by atoms with Crippen LogP contribution in [-0.2, 0) is 11.3 Å². The highest BCUT2D eigenvalue weighted by molar-refractivity contribution is 9.10. The van der Waals surface area contributed by atoms with Gasteiger partial charge in [0.25, 0.3) is 0 Å². The summed E-state index contributed by atoms with van der Waals surface area (Å²) in [6, 6.07) is 5.18. The molecule has 0 atom stereocenters. The minimum atomic E-state index is -0.811. The molecule has 0 amide bonds. The molecule has 1 aromatic carbocycles. The molecule has 0 heterocycles. The molecule has 0 unspecified atom stereocenters. The highest BCUT2D eigenvalue weighted by Crippen LogP contribution is 2.23. The van der Waals surface area contributed by atoms with Gasteiger partial charge in [0, 0.05) is 13.1 Å². The van der Waals surface area contributed by atoms with Crippen LogP contribution in [0.2, 0.25) is 0 Å². The van der Waals surface area contributed by atoms with Crippen LogP contribution in [0.3, 0.4) is 0 Å². The molecule has 0 fully saturated rings. The van der Waals surface area contributed by atoms with Gasteiger partial charge in [0.15, 0.2) is 0 Å². The van der Waals surface area contributed by atoms with Crippen molar-refractivity contribution >= 4 is 21.9 Å². The molecule has 0 bridgehead atoms. The number of phenolic OH excluding ortho intramolecular Hbond substituents is 1. The third kappa shape index (κ3) is 4.31. The van der Waals surface area contributed by atoms with Gasteiger partial charge in [-0.15, -0.1) is 0 Å². The van der Waals surface area contributed by atoms with E-state index in [0.29, 0.717) is 17.6 Å². The van der Waals surface area contributed by atoms with Crippen LogP contribution in [-0.4, -0.2) is 22.7 Å². The molecule has 0 aliphatic rings. The summed E-state index contributed by atoms with van der Waals surface area (Å²) >= 11 is 3.21. The standard InChI is InChI=1S/C10H12BrNO3/c11-8-5-7(1-2-9(8)13)6-12-4-3-10(14)15/h1-2,5,12-13H,3-4,6H2,(H,14,15). The van der Waals surface area contributed by atoms with Gasteiger partial charge in [-0.25, -0.2) is 0 Å². The number of rotatable bonds is 5. The number of aromatic hydroxyl groups is 1. The van der Waals surface area contributed by atoms with Crippen LogP contribution in [0.1, 0.15) is 12.0 Å². The van der Waals surface area contributed by atoms with Gasteiger partial charge in [-0.05, 0) is 33.6 Å². The SMILES string of the molecule is O=C(O)CCNCc1ccc(O)c(Br)c1. The van der Waals surface area contributed by atoms with Crippen LogP contribution in [0.25, 0.3) is 0 Å². The van der Waals surface area contributed by atoms with Gasteiger partial charge in [-0.1, -0.05) is 6.07 Å². The Morgan fingerprint density at radius 3 is 2.80 bits per heavy atom. The summed E-state index contributed by atoms with van der Waals surface area (Å²) in [7, 11) is 0. The smallest absolute Gasteiger partial charge is 0.304 e. The summed E-state index contributed by atoms with van der Waals surface area (Å²) in [5.74, 6) is -0.612. The fraction of sp³-hybridized carbons (Fsp3) is 0.300. The Kier molecular flexibility index (Phi) is 4.58. The average molecular weight is 274 g/mol. The van der Waals surface area contributed by atoms with Crippen LogP contribution in [0, 0.1) is 0 Å². The predicted octanol–water partition coefficient (Wildman–Crippen LogP) is 1.72. The van der Waals surface area contributed by atoms with E-state index in [0.717, 1.165) is 5.56 Å². The summed E-state index contributed by atoms with van der Waals surface area (Å²) < 4.78 is 0.639. The number of carboxylic acids is 1. The number of benzene rings is 1. The number of hydrogen-bond donors (Lipinski definition) is 3. The maximum absolute atomic E-state index is 10.2. The van der Waals surface area contributed by atoms with Gasteiger partial charge in [-0.3, -0.25) is 4.79 Å². The van der Waals surface area contributed by atoms with Crippen LogP contribution in [0.4, 0.5) is 0 Å². The molecule has 0 aliphatic carbocycles. The summed E-state index contributed by atoms with van der Waals surface area (Å²) in [4.78, 5) is 10.2. The lowest BCUT2D eigenvalue weighted by Crippen LogP contribution is -2.17. The zero-order valence-electron chi connectivity index (χ0n) is 8.03. The second-order valence-corrected chi connectivity index (χ2v) is 3.96. The van der Waals surface area contributed by atoms with Crippen molar-refractivity contribution in [3.63, 3.8) is 0 Å². The minimum Gasteiger partial charge on any atom is -0.507 e. The van der Waals surface area contributed by atoms with E-state index in [1.54, 1.807) is 18.2 Å². The van der Waals surface area contributed by atoms with E-state index in [4.69, 9.17) is 5.11 Å². The Balaban J connectivity index is 2.38. The fourth-order valence-electron chi connectivity index (χ4n) is 1.09. The van der Waals surface area contributed by atoms with Gasteiger partial charge in [0.2, 0.25) is 0 Å². The number of aliphatic carboxylic acids is 1. The first kappa shape index (κ1) is 12.0. The Labute approximate surface area is 96.1 Å². The molecule has 15 heavy (non-hydrogen) atoms. The maximum atomic E-state index is 10.2. The van der Waals surface area contributed by atoms with E-state index in [-0.39, 0.29) is 12.2 Å². The van der Waals surface area contributed by atoms with Gasteiger partial charge in [0.1, 0.15) is 5.75 Å². The second-order valence-electron chi connectivity index (χ2n) is 3.11. The number of halogens is 1. The van der Waals surface area contributed by atoms with E-state index in [1.165, 1.54) is 0 Å². The monoisotopic (exact) mass is 273 g/mol. The molecular formula is C10H12BrNO3. The average Bonchev–Trinajstić information content (AvgIpc) is 2.18. The van der Waals surface area contributed by atoms with E-state index >= 15 is 0 Å². The quantitative estimate of drug-likeness (QED) is 0.715. The van der Waals surface area contributed by atoms with Crippen LogP contribution < -0.4 is 5.32 Å². The van der Waals surface area contributed by atoms with Crippen LogP contribution in [0.15, 0.2) is 22.7 Å². The van der Waals surface area contributed by atoms with E-state index < -0.39 is 5.97 Å². The topological polar surface area (TPSA) is 69.6 Å². The van der Waals surface area contributed by atoms with Gasteiger partial charge >= 0.3 is 5.97 Å². The molecule has 0 spiro atoms. The molecule has 0 saturated heterocycles. The highest BCUT2D eigenvalue weighted by Gasteiger charge is 2.00. The lowest BCUT2D eigenvalue weighted by molar-refractivity contribution is -0.136. The third-order valence-corrected chi connectivity index (χ3v) is 2.49. The maximum Gasteiger partial charge on any atom is 0.304 e. The molecule has 1 aromatic rings. The van der Waals surface area contributed by atoms with Gasteiger partial charge in [-0.2, -0.15) is 0 Å². The molecule has 5 heteroatoms. The van der Waals surface area contributed by atoms with Gasteiger partial charge in [0.05, 0.1) is 10.9 Å². The van der Waals surface area contributed by atoms with Gasteiger partial charge < -0.3 is 15.5 Å². The first-order chi connectivity index (χ1) is 7.09. The second kappa shape index (κ2) is 5.72. The fourth-order valence-corrected chi connectivity index (χ4v) is 1.51. The molecule has 1 rings (SSSR count). The predicted molar refractivity (Wildman–Crippen MR) is 59.8 cm³/mol. The van der Waals surface area contributed by atoms with Crippen molar-refractivity contribution in [3.05, 3.63) is 28.2 Å². The third-order valence-electron chi connectivity index (χ3n) is 1.86. The van der Waals surface area contributed by atoms with E-state index in [2.05, 4.69) is 21.2 Å². The molecule has 0 radical (unpaired) electrons. The molecule has 0 saturated carbocycles. The minimum absolute atomic E-state index is 0.110. The summed E-state index contributed by atoms with van der Waals surface area (Å²) in [5, 5.41) is 20.7. The Bertz CT molecular complexity index is 355. The molecular weight excluding hydrogens is 262 g/mol. The van der Waals surface area contributed by atoms with Crippen molar-refractivity contribution < 1.29 is 15.0 Å². The molecule has 82 valence electrons. The Morgan fingerprint density at radius 1 is 1.47 bits per heavy atom. The summed E-state index contributed by atoms with van der Waals surface area (Å²) in [6.07, 6.45) is 0.110. The van der Waals surface area contributed by atoms with Crippen molar-refractivity contribution in [1.82, 2.24) is 5.32 Å². The van der Waals surface area contributed by atoms with Crippen molar-refractivity contribution in [2.24, 2.45) is 0 Å². The molecule has 4 nitrogen and oxygen atoms in total. The number of carbonyl (C=O) groups is 1. The largest absolute Gasteiger partial charge is 0.507 e. The van der Waals surface area contributed by atoms with Crippen molar-refractivity contribution in [2.75, 3.05) is 6.54 Å². The van der Waals surface area contributed by atoms with Crippen molar-refractivity contribution in [1.29, 1.82) is 0 Å². The van der Waals surface area contributed by atoms with E-state index in [9.17, 15) is 9.90 Å². The zero-order valence-corrected chi connectivity index (χ0v) is 9.62. The lowest BCUT2D eigenvalue weighted by atomic mass is 10.2. The van der Waals surface area contributed by atoms with Crippen molar-refractivity contribution in [3.8, 4) is 5.75 Å². The summed E-state index contributed by atoms with van der Waals surface area (Å²) in [5.41, 5.74) is 0.991. The first-order valence-electron chi connectivity index (χ1n) is 4.49. The zero-order chi connectivity index (χ0) is 11.3. The Hall–Kier alpha value is -1.07. The number of phenols is 1.